The molecule has 1 N–H and O–H groups in total. The zero-order valence-electron chi connectivity index (χ0n) is 12.1. The molecule has 0 spiro atoms. The Morgan fingerprint density at radius 2 is 1.91 bits per heavy atom. The van der Waals surface area contributed by atoms with Gasteiger partial charge < -0.3 is 10.2 Å². The van der Waals surface area contributed by atoms with Crippen LogP contribution in [0.5, 0.6) is 0 Å². The van der Waals surface area contributed by atoms with Crippen molar-refractivity contribution in [2.45, 2.75) is 19.3 Å². The van der Waals surface area contributed by atoms with E-state index < -0.39 is 0 Å². The lowest BCUT2D eigenvalue weighted by molar-refractivity contribution is 0.102. The Bertz CT molecular complexity index is 671. The normalized spacial score (nSPS) is 14.7. The summed E-state index contributed by atoms with van der Waals surface area (Å²) in [6.45, 7) is 1.95. The van der Waals surface area contributed by atoms with Gasteiger partial charge in [0, 0.05) is 19.2 Å². The molecule has 0 atom stereocenters. The molecule has 0 aliphatic carbocycles. The van der Waals surface area contributed by atoms with Crippen LogP contribution in [0.15, 0.2) is 36.7 Å². The third-order valence-electron chi connectivity index (χ3n) is 3.69. The number of piperidine rings is 1. The van der Waals surface area contributed by atoms with Crippen LogP contribution in [-0.4, -0.2) is 29.0 Å². The third kappa shape index (κ3) is 3.36. The van der Waals surface area contributed by atoms with Crippen molar-refractivity contribution in [3.63, 3.8) is 0 Å². The summed E-state index contributed by atoms with van der Waals surface area (Å²) in [6.07, 6.45) is 5.00. The lowest BCUT2D eigenvalue weighted by Gasteiger charge is -2.27. The van der Waals surface area contributed by atoms with E-state index in [0.717, 1.165) is 31.7 Å². The minimum absolute atomic E-state index is 0.284. The van der Waals surface area contributed by atoms with Crippen molar-refractivity contribution in [3.8, 4) is 0 Å². The van der Waals surface area contributed by atoms with Gasteiger partial charge in [-0.3, -0.25) is 4.79 Å². The summed E-state index contributed by atoms with van der Waals surface area (Å²) >= 11 is 6.05. The monoisotopic (exact) mass is 316 g/mol. The molecule has 0 radical (unpaired) electrons. The molecule has 22 heavy (non-hydrogen) atoms. The maximum absolute atomic E-state index is 12.3. The van der Waals surface area contributed by atoms with E-state index in [9.17, 15) is 4.79 Å². The van der Waals surface area contributed by atoms with Gasteiger partial charge >= 0.3 is 0 Å². The lowest BCUT2D eigenvalue weighted by Crippen LogP contribution is -2.30. The quantitative estimate of drug-likeness (QED) is 0.943. The van der Waals surface area contributed by atoms with E-state index in [4.69, 9.17) is 11.6 Å². The van der Waals surface area contributed by atoms with Crippen molar-refractivity contribution < 1.29 is 4.79 Å². The van der Waals surface area contributed by atoms with Gasteiger partial charge in [0.2, 0.25) is 0 Å². The summed E-state index contributed by atoms with van der Waals surface area (Å²) in [5, 5.41) is 3.28. The molecule has 5 nitrogen and oxygen atoms in total. The minimum Gasteiger partial charge on any atom is -0.357 e. The molecule has 3 rings (SSSR count). The SMILES string of the molecule is O=C(Nc1ccccc1Cl)c1cc(N2CCCCC2)ncn1. The Labute approximate surface area is 134 Å². The molecule has 1 aromatic carbocycles. The molecule has 1 aromatic heterocycles. The highest BCUT2D eigenvalue weighted by Crippen LogP contribution is 2.22. The highest BCUT2D eigenvalue weighted by molar-refractivity contribution is 6.33. The Morgan fingerprint density at radius 3 is 2.68 bits per heavy atom. The van der Waals surface area contributed by atoms with E-state index in [1.165, 1.54) is 12.7 Å². The van der Waals surface area contributed by atoms with Crippen LogP contribution in [0.2, 0.25) is 5.02 Å². The van der Waals surface area contributed by atoms with Gasteiger partial charge in [0.15, 0.2) is 0 Å². The predicted molar refractivity (Wildman–Crippen MR) is 87.5 cm³/mol. The number of hydrogen-bond acceptors (Lipinski definition) is 4. The minimum atomic E-state index is -0.284. The number of carbonyl (C=O) groups excluding carboxylic acids is 1. The van der Waals surface area contributed by atoms with E-state index in [2.05, 4.69) is 20.2 Å². The summed E-state index contributed by atoms with van der Waals surface area (Å²) in [5.41, 5.74) is 0.919. The first kappa shape index (κ1) is 14.8. The molecule has 114 valence electrons. The van der Waals surface area contributed by atoms with Crippen LogP contribution in [0, 0.1) is 0 Å². The molecule has 2 heterocycles. The number of nitrogens with one attached hydrogen (secondary N) is 1. The Morgan fingerprint density at radius 1 is 1.14 bits per heavy atom. The second-order valence-electron chi connectivity index (χ2n) is 5.24. The van der Waals surface area contributed by atoms with Crippen LogP contribution < -0.4 is 10.2 Å². The highest BCUT2D eigenvalue weighted by atomic mass is 35.5. The number of benzene rings is 1. The van der Waals surface area contributed by atoms with Gasteiger partial charge in [-0.25, -0.2) is 9.97 Å². The molecule has 2 aromatic rings. The van der Waals surface area contributed by atoms with Crippen LogP contribution in [0.1, 0.15) is 29.8 Å². The van der Waals surface area contributed by atoms with Gasteiger partial charge in [-0.15, -0.1) is 0 Å². The van der Waals surface area contributed by atoms with Gasteiger partial charge in [0.05, 0.1) is 10.7 Å². The Kier molecular flexibility index (Phi) is 4.53. The van der Waals surface area contributed by atoms with E-state index in [1.807, 2.05) is 12.1 Å². The van der Waals surface area contributed by atoms with Gasteiger partial charge in [-0.05, 0) is 31.4 Å². The predicted octanol–water partition coefficient (Wildman–Crippen LogP) is 3.37. The first-order valence-corrected chi connectivity index (χ1v) is 7.75. The average Bonchev–Trinajstić information content (AvgIpc) is 2.58. The number of nitrogens with zero attached hydrogens (tertiary/aromatic N) is 3. The Hall–Kier alpha value is -2.14. The van der Waals surface area contributed by atoms with E-state index in [1.54, 1.807) is 18.2 Å². The van der Waals surface area contributed by atoms with Crippen molar-refractivity contribution in [3.05, 3.63) is 47.4 Å². The number of halogens is 1. The summed E-state index contributed by atoms with van der Waals surface area (Å²) in [7, 11) is 0. The van der Waals surface area contributed by atoms with Crippen molar-refractivity contribution in [2.24, 2.45) is 0 Å². The largest absolute Gasteiger partial charge is 0.357 e. The topological polar surface area (TPSA) is 58.1 Å². The molecule has 1 fully saturated rings. The number of rotatable bonds is 3. The van der Waals surface area contributed by atoms with Crippen LogP contribution in [0.4, 0.5) is 11.5 Å². The smallest absolute Gasteiger partial charge is 0.274 e. The van der Waals surface area contributed by atoms with Crippen molar-refractivity contribution in [2.75, 3.05) is 23.3 Å². The van der Waals surface area contributed by atoms with Crippen molar-refractivity contribution in [1.82, 2.24) is 9.97 Å². The first-order chi connectivity index (χ1) is 10.7. The fourth-order valence-corrected chi connectivity index (χ4v) is 2.70. The third-order valence-corrected chi connectivity index (χ3v) is 4.02. The molecular formula is C16H17ClN4O. The Balaban J connectivity index is 1.76. The number of carbonyl (C=O) groups is 1. The summed E-state index contributed by atoms with van der Waals surface area (Å²) in [5.74, 6) is 0.521. The maximum Gasteiger partial charge on any atom is 0.274 e. The first-order valence-electron chi connectivity index (χ1n) is 7.37. The summed E-state index contributed by atoms with van der Waals surface area (Å²) in [4.78, 5) is 22.9. The molecule has 0 saturated carbocycles. The van der Waals surface area contributed by atoms with Crippen LogP contribution in [-0.2, 0) is 0 Å². The lowest BCUT2D eigenvalue weighted by atomic mass is 10.1. The van der Waals surface area contributed by atoms with E-state index in [-0.39, 0.29) is 5.91 Å². The van der Waals surface area contributed by atoms with Gasteiger partial charge in [-0.2, -0.15) is 0 Å². The molecule has 1 saturated heterocycles. The van der Waals surface area contributed by atoms with Crippen molar-refractivity contribution >= 4 is 29.0 Å². The second-order valence-corrected chi connectivity index (χ2v) is 5.65. The van der Waals surface area contributed by atoms with Crippen LogP contribution >= 0.6 is 11.6 Å². The van der Waals surface area contributed by atoms with Crippen molar-refractivity contribution in [1.29, 1.82) is 0 Å². The summed E-state index contributed by atoms with van der Waals surface area (Å²) in [6, 6.07) is 8.86. The van der Waals surface area contributed by atoms with Gasteiger partial charge in [-0.1, -0.05) is 23.7 Å². The molecular weight excluding hydrogens is 300 g/mol. The number of anilines is 2. The van der Waals surface area contributed by atoms with E-state index >= 15 is 0 Å². The zero-order valence-corrected chi connectivity index (χ0v) is 12.9. The van der Waals surface area contributed by atoms with Crippen LogP contribution in [0.3, 0.4) is 0 Å². The maximum atomic E-state index is 12.3. The van der Waals surface area contributed by atoms with Gasteiger partial charge in [0.1, 0.15) is 17.8 Å². The molecule has 1 amide bonds. The average molecular weight is 317 g/mol. The summed E-state index contributed by atoms with van der Waals surface area (Å²) < 4.78 is 0. The van der Waals surface area contributed by atoms with Crippen LogP contribution in [0.25, 0.3) is 0 Å². The second kappa shape index (κ2) is 6.75. The van der Waals surface area contributed by atoms with E-state index in [0.29, 0.717) is 16.4 Å². The fraction of sp³-hybridized carbons (Fsp3) is 0.312. The number of para-hydroxylation sites is 1. The fourth-order valence-electron chi connectivity index (χ4n) is 2.52. The number of hydrogen-bond donors (Lipinski definition) is 1. The van der Waals surface area contributed by atoms with Gasteiger partial charge in [0.25, 0.3) is 5.91 Å². The number of aromatic nitrogens is 2. The molecule has 6 heteroatoms. The zero-order chi connectivity index (χ0) is 15.4. The molecule has 1 aliphatic rings. The molecule has 1 aliphatic heterocycles. The standard InChI is InChI=1S/C16H17ClN4O/c17-12-6-2-3-7-13(12)20-16(22)14-10-15(19-11-18-14)21-8-4-1-5-9-21/h2-3,6-7,10-11H,1,4-5,8-9H2,(H,20,22). The molecule has 0 unspecified atom stereocenters. The molecule has 0 bridgehead atoms. The highest BCUT2D eigenvalue weighted by Gasteiger charge is 2.15. The number of amides is 1.